The molecule has 0 radical (unpaired) electrons. The Morgan fingerprint density at radius 3 is 2.65 bits per heavy atom. The molecule has 2 atom stereocenters. The van der Waals surface area contributed by atoms with Crippen LogP contribution in [-0.4, -0.2) is 18.1 Å². The molecule has 0 amide bonds. The smallest absolute Gasteiger partial charge is 0.0448 e. The second kappa shape index (κ2) is 4.37. The molecule has 2 heterocycles. The first-order valence-corrected chi connectivity index (χ1v) is 7.62. The first-order chi connectivity index (χ1) is 9.72. The van der Waals surface area contributed by atoms with Crippen LogP contribution in [-0.2, 0) is 0 Å². The van der Waals surface area contributed by atoms with E-state index in [1.807, 2.05) is 19.2 Å². The highest BCUT2D eigenvalue weighted by atomic mass is 15.2. The average Bonchev–Trinajstić information content (AvgIpc) is 2.99. The van der Waals surface area contributed by atoms with Crippen LogP contribution < -0.4 is 10.6 Å². The Hall–Kier alpha value is -1.77. The quantitative estimate of drug-likeness (QED) is 0.806. The lowest BCUT2D eigenvalue weighted by Gasteiger charge is -2.22. The van der Waals surface area contributed by atoms with E-state index in [1.165, 1.54) is 43.4 Å². The highest BCUT2D eigenvalue weighted by Gasteiger charge is 2.36. The number of aromatic nitrogens is 1. The fraction of sp³-hybridized carbons (Fsp3) is 0.471. The maximum absolute atomic E-state index is 6.11. The van der Waals surface area contributed by atoms with Gasteiger partial charge in [-0.25, -0.2) is 0 Å². The molecule has 2 aromatic rings. The zero-order chi connectivity index (χ0) is 13.7. The van der Waals surface area contributed by atoms with Crippen LogP contribution in [0.2, 0.25) is 0 Å². The van der Waals surface area contributed by atoms with Gasteiger partial charge in [0.15, 0.2) is 0 Å². The highest BCUT2D eigenvalue weighted by molar-refractivity contribution is 6.01. The van der Waals surface area contributed by atoms with E-state index in [2.05, 4.69) is 22.0 Å². The lowest BCUT2D eigenvalue weighted by Crippen LogP contribution is -2.21. The van der Waals surface area contributed by atoms with E-state index < -0.39 is 0 Å². The predicted molar refractivity (Wildman–Crippen MR) is 83.9 cm³/mol. The minimum absolute atomic E-state index is 0.829. The molecular weight excluding hydrogens is 246 g/mol. The molecule has 1 aromatic carbocycles. The molecule has 2 aliphatic rings. The van der Waals surface area contributed by atoms with Crippen LogP contribution in [0.15, 0.2) is 24.4 Å². The van der Waals surface area contributed by atoms with Crippen LogP contribution in [0.4, 0.5) is 11.4 Å². The molecule has 3 heteroatoms. The van der Waals surface area contributed by atoms with Crippen molar-refractivity contribution in [1.29, 1.82) is 0 Å². The topological polar surface area (TPSA) is 42.1 Å². The molecule has 3 nitrogen and oxygen atoms in total. The van der Waals surface area contributed by atoms with Crippen LogP contribution in [0.3, 0.4) is 0 Å². The molecule has 2 unspecified atom stereocenters. The minimum Gasteiger partial charge on any atom is -0.398 e. The van der Waals surface area contributed by atoms with E-state index in [-0.39, 0.29) is 0 Å². The van der Waals surface area contributed by atoms with Crippen molar-refractivity contribution >= 4 is 22.1 Å². The van der Waals surface area contributed by atoms with Crippen LogP contribution in [0.1, 0.15) is 25.0 Å². The van der Waals surface area contributed by atoms with Crippen molar-refractivity contribution in [3.63, 3.8) is 0 Å². The highest BCUT2D eigenvalue weighted by Crippen LogP contribution is 2.41. The Bertz CT molecular complexity index is 653. The third-order valence-electron chi connectivity index (χ3n) is 5.12. The molecule has 0 bridgehead atoms. The van der Waals surface area contributed by atoms with E-state index in [1.54, 1.807) is 0 Å². The summed E-state index contributed by atoms with van der Waals surface area (Å²) in [4.78, 5) is 6.96. The third-order valence-corrected chi connectivity index (χ3v) is 5.12. The zero-order valence-corrected chi connectivity index (χ0v) is 12.0. The molecule has 1 aliphatic carbocycles. The number of hydrogen-bond donors (Lipinski definition) is 1. The number of pyridine rings is 1. The summed E-state index contributed by atoms with van der Waals surface area (Å²) in [6, 6.07) is 6.40. The fourth-order valence-corrected chi connectivity index (χ4v) is 4.06. The summed E-state index contributed by atoms with van der Waals surface area (Å²) >= 11 is 0. The number of nitrogens with zero attached hydrogens (tertiary/aromatic N) is 2. The number of anilines is 2. The average molecular weight is 267 g/mol. The number of nitrogen functional groups attached to an aromatic ring is 1. The number of aryl methyl sites for hydroxylation is 1. The molecule has 1 saturated carbocycles. The van der Waals surface area contributed by atoms with Gasteiger partial charge in [0, 0.05) is 47.1 Å². The van der Waals surface area contributed by atoms with Gasteiger partial charge in [-0.3, -0.25) is 4.98 Å². The van der Waals surface area contributed by atoms with Gasteiger partial charge in [-0.15, -0.1) is 0 Å². The van der Waals surface area contributed by atoms with Gasteiger partial charge < -0.3 is 10.6 Å². The van der Waals surface area contributed by atoms with Crippen LogP contribution in [0.25, 0.3) is 10.8 Å². The molecule has 1 saturated heterocycles. The molecule has 1 aliphatic heterocycles. The van der Waals surface area contributed by atoms with Crippen molar-refractivity contribution in [3.8, 4) is 0 Å². The van der Waals surface area contributed by atoms with Gasteiger partial charge in [-0.2, -0.15) is 0 Å². The number of benzene rings is 1. The lowest BCUT2D eigenvalue weighted by atomic mass is 10.0. The lowest BCUT2D eigenvalue weighted by molar-refractivity contribution is 0.494. The van der Waals surface area contributed by atoms with Gasteiger partial charge >= 0.3 is 0 Å². The summed E-state index contributed by atoms with van der Waals surface area (Å²) in [6.07, 6.45) is 6.17. The third kappa shape index (κ3) is 1.76. The van der Waals surface area contributed by atoms with Crippen molar-refractivity contribution in [2.75, 3.05) is 23.7 Å². The largest absolute Gasteiger partial charge is 0.398 e. The standard InChI is InChI=1S/C17H21N3/c1-11-7-14-15(8-19-11)16(18)5-6-17(14)20-9-12-3-2-4-13(12)10-20/h5-8,12-13H,2-4,9-10,18H2,1H3. The Morgan fingerprint density at radius 1 is 1.15 bits per heavy atom. The molecule has 0 spiro atoms. The molecule has 1 aromatic heterocycles. The van der Waals surface area contributed by atoms with Gasteiger partial charge in [-0.05, 0) is 49.8 Å². The van der Waals surface area contributed by atoms with Crippen molar-refractivity contribution in [3.05, 3.63) is 30.1 Å². The van der Waals surface area contributed by atoms with E-state index in [4.69, 9.17) is 5.73 Å². The number of rotatable bonds is 1. The molecule has 2 fully saturated rings. The summed E-state index contributed by atoms with van der Waals surface area (Å²) in [7, 11) is 0. The maximum Gasteiger partial charge on any atom is 0.0448 e. The summed E-state index contributed by atoms with van der Waals surface area (Å²) in [5.74, 6) is 1.82. The Balaban J connectivity index is 1.80. The summed E-state index contributed by atoms with van der Waals surface area (Å²) in [5.41, 5.74) is 9.34. The predicted octanol–water partition coefficient (Wildman–Crippen LogP) is 3.36. The second-order valence-electron chi connectivity index (χ2n) is 6.40. The summed E-state index contributed by atoms with van der Waals surface area (Å²) in [6.45, 7) is 4.47. The van der Waals surface area contributed by atoms with Gasteiger partial charge in [0.2, 0.25) is 0 Å². The fourth-order valence-electron chi connectivity index (χ4n) is 4.06. The summed E-state index contributed by atoms with van der Waals surface area (Å²) in [5, 5.41) is 2.35. The summed E-state index contributed by atoms with van der Waals surface area (Å²) < 4.78 is 0. The zero-order valence-electron chi connectivity index (χ0n) is 12.0. The van der Waals surface area contributed by atoms with Crippen molar-refractivity contribution in [1.82, 2.24) is 4.98 Å². The van der Waals surface area contributed by atoms with Gasteiger partial charge in [-0.1, -0.05) is 6.42 Å². The number of hydrogen-bond acceptors (Lipinski definition) is 3. The monoisotopic (exact) mass is 267 g/mol. The van der Waals surface area contributed by atoms with E-state index in [0.29, 0.717) is 0 Å². The normalized spacial score (nSPS) is 25.4. The molecular formula is C17H21N3. The van der Waals surface area contributed by atoms with Crippen LogP contribution in [0, 0.1) is 18.8 Å². The SMILES string of the molecule is Cc1cc2c(N3CC4CCCC4C3)ccc(N)c2cn1. The second-order valence-corrected chi connectivity index (χ2v) is 6.40. The van der Waals surface area contributed by atoms with Gasteiger partial charge in [0.1, 0.15) is 0 Å². The Morgan fingerprint density at radius 2 is 1.90 bits per heavy atom. The van der Waals surface area contributed by atoms with Gasteiger partial charge in [0.25, 0.3) is 0 Å². The van der Waals surface area contributed by atoms with Gasteiger partial charge in [0.05, 0.1) is 0 Å². The number of fused-ring (bicyclic) bond motifs is 2. The van der Waals surface area contributed by atoms with E-state index >= 15 is 0 Å². The Kier molecular flexibility index (Phi) is 2.62. The Labute approximate surface area is 119 Å². The minimum atomic E-state index is 0.829. The van der Waals surface area contributed by atoms with Crippen LogP contribution in [0.5, 0.6) is 0 Å². The van der Waals surface area contributed by atoms with Crippen molar-refractivity contribution in [2.45, 2.75) is 26.2 Å². The van der Waals surface area contributed by atoms with Crippen molar-refractivity contribution < 1.29 is 0 Å². The molecule has 20 heavy (non-hydrogen) atoms. The molecule has 104 valence electrons. The van der Waals surface area contributed by atoms with E-state index in [9.17, 15) is 0 Å². The first kappa shape index (κ1) is 12.0. The number of nitrogens with two attached hydrogens (primary N) is 1. The molecule has 2 N–H and O–H groups in total. The first-order valence-electron chi connectivity index (χ1n) is 7.62. The van der Waals surface area contributed by atoms with Crippen LogP contribution >= 0.6 is 0 Å². The van der Waals surface area contributed by atoms with Crippen molar-refractivity contribution in [2.24, 2.45) is 11.8 Å². The van der Waals surface area contributed by atoms with E-state index in [0.717, 1.165) is 28.6 Å². The maximum atomic E-state index is 6.11. The molecule has 4 rings (SSSR count).